The van der Waals surface area contributed by atoms with Gasteiger partial charge in [0.05, 0.1) is 6.42 Å². The fourth-order valence-corrected chi connectivity index (χ4v) is 3.01. The van der Waals surface area contributed by atoms with Crippen LogP contribution >= 0.6 is 0 Å². The second-order valence-electron chi connectivity index (χ2n) is 6.76. The number of amides is 1. The molecule has 0 fully saturated rings. The van der Waals surface area contributed by atoms with E-state index in [1.54, 1.807) is 4.52 Å². The summed E-state index contributed by atoms with van der Waals surface area (Å²) in [5.41, 5.74) is 4.21. The second-order valence-corrected chi connectivity index (χ2v) is 6.76. The summed E-state index contributed by atoms with van der Waals surface area (Å²) in [4.78, 5) is 23.5. The molecule has 1 aromatic carbocycles. The van der Waals surface area contributed by atoms with Crippen LogP contribution in [0.1, 0.15) is 41.7 Å². The van der Waals surface area contributed by atoms with Gasteiger partial charge < -0.3 is 4.90 Å². The summed E-state index contributed by atoms with van der Waals surface area (Å²) >= 11 is 0. The molecule has 26 heavy (non-hydrogen) atoms. The maximum absolute atomic E-state index is 12.8. The van der Waals surface area contributed by atoms with Crippen molar-refractivity contribution in [3.8, 4) is 0 Å². The predicted molar refractivity (Wildman–Crippen MR) is 101 cm³/mol. The van der Waals surface area contributed by atoms with Gasteiger partial charge in [0, 0.05) is 24.5 Å². The number of aromatic nitrogens is 4. The van der Waals surface area contributed by atoms with E-state index in [4.69, 9.17) is 0 Å². The monoisotopic (exact) mass is 351 g/mol. The maximum Gasteiger partial charge on any atom is 0.252 e. The largest absolute Gasteiger partial charge is 0.338 e. The molecule has 0 aliphatic carbocycles. The first-order valence-corrected chi connectivity index (χ1v) is 8.99. The Bertz CT molecular complexity index is 914. The van der Waals surface area contributed by atoms with Gasteiger partial charge in [0.1, 0.15) is 0 Å². The predicted octanol–water partition coefficient (Wildman–Crippen LogP) is 3.03. The van der Waals surface area contributed by atoms with Gasteiger partial charge in [-0.15, -0.1) is 5.10 Å². The molecule has 0 spiro atoms. The molecule has 136 valence electrons. The normalized spacial score (nSPS) is 11.1. The van der Waals surface area contributed by atoms with Crippen molar-refractivity contribution in [2.24, 2.45) is 0 Å². The average molecular weight is 351 g/mol. The van der Waals surface area contributed by atoms with E-state index in [2.05, 4.69) is 53.2 Å². The summed E-state index contributed by atoms with van der Waals surface area (Å²) in [5.74, 6) is 1.10. The van der Waals surface area contributed by atoms with E-state index in [-0.39, 0.29) is 12.3 Å². The molecular formula is C20H25N5O. The molecule has 0 saturated heterocycles. The molecule has 6 heteroatoms. The molecule has 0 atom stereocenters. The lowest BCUT2D eigenvalue weighted by Gasteiger charge is -2.22. The number of benzene rings is 1. The standard InChI is InChI=1S/C20H25N5O/c1-5-10-24(13-17-8-6-14(2)7-9-17)19(26)12-18-22-20-21-15(3)11-16(4)25(20)23-18/h6-9,11H,5,10,12-13H2,1-4H3. The fraction of sp³-hybridized carbons (Fsp3) is 0.400. The van der Waals surface area contributed by atoms with E-state index in [0.29, 0.717) is 18.1 Å². The van der Waals surface area contributed by atoms with Crippen LogP contribution in [0, 0.1) is 20.8 Å². The van der Waals surface area contributed by atoms with Crippen molar-refractivity contribution in [2.45, 2.75) is 47.1 Å². The van der Waals surface area contributed by atoms with Gasteiger partial charge in [-0.1, -0.05) is 36.8 Å². The molecule has 0 radical (unpaired) electrons. The molecule has 0 unspecified atom stereocenters. The Kier molecular flexibility index (Phi) is 5.30. The number of hydrogen-bond donors (Lipinski definition) is 0. The number of carbonyl (C=O) groups excluding carboxylic acids is 1. The molecule has 2 heterocycles. The first kappa shape index (κ1) is 18.0. The van der Waals surface area contributed by atoms with Crippen LogP contribution in [0.3, 0.4) is 0 Å². The highest BCUT2D eigenvalue weighted by atomic mass is 16.2. The summed E-state index contributed by atoms with van der Waals surface area (Å²) in [6.07, 6.45) is 1.10. The summed E-state index contributed by atoms with van der Waals surface area (Å²) in [5, 5.41) is 4.45. The zero-order chi connectivity index (χ0) is 18.7. The number of aryl methyl sites for hydroxylation is 3. The van der Waals surface area contributed by atoms with Gasteiger partial charge in [0.25, 0.3) is 5.78 Å². The van der Waals surface area contributed by atoms with E-state index < -0.39 is 0 Å². The van der Waals surface area contributed by atoms with E-state index in [0.717, 1.165) is 29.9 Å². The van der Waals surface area contributed by atoms with Gasteiger partial charge in [-0.3, -0.25) is 4.79 Å². The zero-order valence-corrected chi connectivity index (χ0v) is 15.9. The average Bonchev–Trinajstić information content (AvgIpc) is 2.99. The highest BCUT2D eigenvalue weighted by molar-refractivity contribution is 5.78. The molecule has 0 N–H and O–H groups in total. The quantitative estimate of drug-likeness (QED) is 0.685. The van der Waals surface area contributed by atoms with E-state index in [1.165, 1.54) is 5.56 Å². The van der Waals surface area contributed by atoms with E-state index in [9.17, 15) is 4.79 Å². The first-order valence-electron chi connectivity index (χ1n) is 8.99. The van der Waals surface area contributed by atoms with Crippen LogP contribution in [-0.4, -0.2) is 36.9 Å². The Morgan fingerprint density at radius 2 is 1.85 bits per heavy atom. The summed E-state index contributed by atoms with van der Waals surface area (Å²) in [6, 6.07) is 10.2. The van der Waals surface area contributed by atoms with Crippen molar-refractivity contribution in [1.29, 1.82) is 0 Å². The van der Waals surface area contributed by atoms with E-state index >= 15 is 0 Å². The van der Waals surface area contributed by atoms with Crippen molar-refractivity contribution in [1.82, 2.24) is 24.5 Å². The van der Waals surface area contributed by atoms with Crippen LogP contribution in [0.25, 0.3) is 5.78 Å². The molecule has 3 rings (SSSR count). The molecule has 0 aliphatic heterocycles. The number of hydrogen-bond acceptors (Lipinski definition) is 4. The highest BCUT2D eigenvalue weighted by Crippen LogP contribution is 2.11. The summed E-state index contributed by atoms with van der Waals surface area (Å²) in [7, 11) is 0. The van der Waals surface area contributed by atoms with Crippen molar-refractivity contribution < 1.29 is 4.79 Å². The van der Waals surface area contributed by atoms with Crippen molar-refractivity contribution in [3.05, 3.63) is 58.7 Å². The van der Waals surface area contributed by atoms with Crippen LogP contribution in [0.4, 0.5) is 0 Å². The van der Waals surface area contributed by atoms with Crippen molar-refractivity contribution >= 4 is 11.7 Å². The SMILES string of the molecule is CCCN(Cc1ccc(C)cc1)C(=O)Cc1nc2nc(C)cc(C)n2n1. The summed E-state index contributed by atoms with van der Waals surface area (Å²) < 4.78 is 1.69. The number of nitrogens with zero attached hydrogens (tertiary/aromatic N) is 5. The molecular weight excluding hydrogens is 326 g/mol. The van der Waals surface area contributed by atoms with Gasteiger partial charge in [-0.25, -0.2) is 9.50 Å². The lowest BCUT2D eigenvalue weighted by Crippen LogP contribution is -2.32. The first-order chi connectivity index (χ1) is 12.5. The van der Waals surface area contributed by atoms with Gasteiger partial charge in [0.15, 0.2) is 5.82 Å². The minimum absolute atomic E-state index is 0.0395. The maximum atomic E-state index is 12.8. The molecule has 1 amide bonds. The molecule has 0 bridgehead atoms. The minimum atomic E-state index is 0.0395. The van der Waals surface area contributed by atoms with Gasteiger partial charge in [-0.2, -0.15) is 4.98 Å². The van der Waals surface area contributed by atoms with Crippen LogP contribution in [0.5, 0.6) is 0 Å². The van der Waals surface area contributed by atoms with Crippen LogP contribution in [0.2, 0.25) is 0 Å². The number of fused-ring (bicyclic) bond motifs is 1. The second kappa shape index (κ2) is 7.64. The lowest BCUT2D eigenvalue weighted by atomic mass is 10.1. The Morgan fingerprint density at radius 3 is 2.54 bits per heavy atom. The third-order valence-electron chi connectivity index (χ3n) is 4.31. The van der Waals surface area contributed by atoms with E-state index in [1.807, 2.05) is 24.8 Å². The van der Waals surface area contributed by atoms with Crippen molar-refractivity contribution in [3.63, 3.8) is 0 Å². The lowest BCUT2D eigenvalue weighted by molar-refractivity contribution is -0.131. The fourth-order valence-electron chi connectivity index (χ4n) is 3.01. The molecule has 2 aromatic heterocycles. The highest BCUT2D eigenvalue weighted by Gasteiger charge is 2.17. The molecule has 6 nitrogen and oxygen atoms in total. The number of rotatable bonds is 6. The topological polar surface area (TPSA) is 63.4 Å². The van der Waals surface area contributed by atoms with Crippen LogP contribution in [0.15, 0.2) is 30.3 Å². The van der Waals surface area contributed by atoms with Crippen molar-refractivity contribution in [2.75, 3.05) is 6.54 Å². The molecule has 0 aliphatic rings. The Morgan fingerprint density at radius 1 is 1.12 bits per heavy atom. The zero-order valence-electron chi connectivity index (χ0n) is 15.9. The van der Waals surface area contributed by atoms with Gasteiger partial charge in [0.2, 0.25) is 5.91 Å². The molecule has 3 aromatic rings. The van der Waals surface area contributed by atoms with Gasteiger partial charge in [-0.05, 0) is 38.8 Å². The third kappa shape index (κ3) is 4.07. The Labute approximate surface area is 153 Å². The Balaban J connectivity index is 1.77. The number of carbonyl (C=O) groups is 1. The third-order valence-corrected chi connectivity index (χ3v) is 4.31. The molecule has 0 saturated carbocycles. The smallest absolute Gasteiger partial charge is 0.252 e. The minimum Gasteiger partial charge on any atom is -0.338 e. The van der Waals surface area contributed by atoms with Gasteiger partial charge >= 0.3 is 0 Å². The Hall–Kier alpha value is -2.76. The summed E-state index contributed by atoms with van der Waals surface area (Å²) in [6.45, 7) is 9.35. The van der Waals surface area contributed by atoms with Crippen LogP contribution < -0.4 is 0 Å². The van der Waals surface area contributed by atoms with Crippen LogP contribution in [-0.2, 0) is 17.8 Å².